The predicted molar refractivity (Wildman–Crippen MR) is 119 cm³/mol. The van der Waals surface area contributed by atoms with Gasteiger partial charge in [-0.05, 0) is 51.0 Å². The average Bonchev–Trinajstić information content (AvgIpc) is 2.69. The molecule has 0 bridgehead atoms. The summed E-state index contributed by atoms with van der Waals surface area (Å²) in [4.78, 5) is 7.41. The summed E-state index contributed by atoms with van der Waals surface area (Å²) in [7, 11) is 0. The highest BCUT2D eigenvalue weighted by Gasteiger charge is 2.26. The predicted octanol–water partition coefficient (Wildman–Crippen LogP) is 3.39. The van der Waals surface area contributed by atoms with Gasteiger partial charge in [-0.2, -0.15) is 0 Å². The molecule has 5 nitrogen and oxygen atoms in total. The fraction of sp³-hybridized carbons (Fsp3) is 0.696. The monoisotopic (exact) mass is 388 g/mol. The van der Waals surface area contributed by atoms with Gasteiger partial charge in [-0.1, -0.05) is 43.7 Å². The Bertz CT molecular complexity index is 557. The Balaban J connectivity index is 1.87. The summed E-state index contributed by atoms with van der Waals surface area (Å²) >= 11 is 0. The normalized spacial score (nSPS) is 22.1. The van der Waals surface area contributed by atoms with Crippen LogP contribution in [0, 0.1) is 5.92 Å². The smallest absolute Gasteiger partial charge is 0.191 e. The standard InChI is InChI=1S/C23H40N4O/c1-4-9-20(13-15-28)17-25-23(24-5-2)26-22-12-14-27(19(3)16-22)18-21-10-7-6-8-11-21/h6-8,10-11,19-20,22,28H,4-5,9,12-18H2,1-3H3,(H2,24,25,26). The highest BCUT2D eigenvalue weighted by molar-refractivity contribution is 5.80. The molecule has 3 N–H and O–H groups in total. The average molecular weight is 389 g/mol. The second-order valence-corrected chi connectivity index (χ2v) is 8.06. The zero-order chi connectivity index (χ0) is 20.2. The molecule has 28 heavy (non-hydrogen) atoms. The van der Waals surface area contributed by atoms with E-state index in [1.165, 1.54) is 5.56 Å². The van der Waals surface area contributed by atoms with Gasteiger partial charge in [-0.25, -0.2) is 0 Å². The van der Waals surface area contributed by atoms with Crippen LogP contribution < -0.4 is 10.6 Å². The van der Waals surface area contributed by atoms with Crippen molar-refractivity contribution in [1.29, 1.82) is 0 Å². The number of aliphatic hydroxyl groups is 1. The molecule has 1 aromatic rings. The molecule has 1 heterocycles. The second-order valence-electron chi connectivity index (χ2n) is 8.06. The number of aliphatic hydroxyl groups excluding tert-OH is 1. The Hall–Kier alpha value is -1.59. The van der Waals surface area contributed by atoms with Gasteiger partial charge in [0.1, 0.15) is 0 Å². The van der Waals surface area contributed by atoms with Crippen LogP contribution in [-0.4, -0.2) is 54.3 Å². The number of rotatable bonds is 10. The molecule has 1 saturated heterocycles. The van der Waals surface area contributed by atoms with Crippen molar-refractivity contribution in [3.63, 3.8) is 0 Å². The van der Waals surface area contributed by atoms with Gasteiger partial charge in [0, 0.05) is 44.9 Å². The lowest BCUT2D eigenvalue weighted by Gasteiger charge is -2.38. The van der Waals surface area contributed by atoms with Gasteiger partial charge in [-0.3, -0.25) is 9.89 Å². The third-order valence-corrected chi connectivity index (χ3v) is 5.67. The molecule has 0 amide bonds. The number of aliphatic imine (C=N–C) groups is 1. The van der Waals surface area contributed by atoms with Crippen molar-refractivity contribution >= 4 is 5.96 Å². The SMILES string of the molecule is CCCC(CCO)CN=C(NCC)NC1CCN(Cc2ccccc2)C(C)C1. The van der Waals surface area contributed by atoms with Gasteiger partial charge < -0.3 is 15.7 Å². The fourth-order valence-electron chi connectivity index (χ4n) is 4.06. The first-order chi connectivity index (χ1) is 13.7. The number of piperidine rings is 1. The van der Waals surface area contributed by atoms with Crippen molar-refractivity contribution in [3.8, 4) is 0 Å². The van der Waals surface area contributed by atoms with E-state index < -0.39 is 0 Å². The largest absolute Gasteiger partial charge is 0.396 e. The molecule has 0 aliphatic carbocycles. The first-order valence-electron chi connectivity index (χ1n) is 11.1. The third kappa shape index (κ3) is 7.80. The minimum Gasteiger partial charge on any atom is -0.396 e. The molecule has 2 rings (SSSR count). The maximum absolute atomic E-state index is 9.27. The van der Waals surface area contributed by atoms with Gasteiger partial charge in [0.05, 0.1) is 0 Å². The van der Waals surface area contributed by atoms with E-state index in [4.69, 9.17) is 4.99 Å². The Kier molecular flexibility index (Phi) is 10.4. The van der Waals surface area contributed by atoms with E-state index in [0.29, 0.717) is 18.0 Å². The highest BCUT2D eigenvalue weighted by atomic mass is 16.3. The van der Waals surface area contributed by atoms with E-state index in [-0.39, 0.29) is 6.61 Å². The third-order valence-electron chi connectivity index (χ3n) is 5.67. The Morgan fingerprint density at radius 2 is 2.04 bits per heavy atom. The van der Waals surface area contributed by atoms with Gasteiger partial charge >= 0.3 is 0 Å². The molecule has 3 unspecified atom stereocenters. The number of guanidine groups is 1. The molecular weight excluding hydrogens is 348 g/mol. The molecule has 1 fully saturated rings. The summed E-state index contributed by atoms with van der Waals surface area (Å²) in [6.45, 7) is 10.7. The lowest BCUT2D eigenvalue weighted by molar-refractivity contribution is 0.134. The molecule has 5 heteroatoms. The van der Waals surface area contributed by atoms with E-state index in [9.17, 15) is 5.11 Å². The molecule has 158 valence electrons. The molecule has 0 spiro atoms. The summed E-state index contributed by atoms with van der Waals surface area (Å²) in [5.74, 6) is 1.40. The van der Waals surface area contributed by atoms with Crippen LogP contribution in [0.4, 0.5) is 0 Å². The van der Waals surface area contributed by atoms with E-state index in [2.05, 4.69) is 66.6 Å². The van der Waals surface area contributed by atoms with Crippen LogP contribution in [0.2, 0.25) is 0 Å². The highest BCUT2D eigenvalue weighted by Crippen LogP contribution is 2.20. The molecular formula is C23H40N4O. The molecule has 1 aromatic carbocycles. The van der Waals surface area contributed by atoms with E-state index in [0.717, 1.165) is 64.2 Å². The van der Waals surface area contributed by atoms with Gasteiger partial charge in [0.2, 0.25) is 0 Å². The van der Waals surface area contributed by atoms with Crippen LogP contribution in [0.3, 0.4) is 0 Å². The number of likely N-dealkylation sites (tertiary alicyclic amines) is 1. The molecule has 1 aliphatic rings. The Morgan fingerprint density at radius 3 is 2.68 bits per heavy atom. The molecule has 0 saturated carbocycles. The summed E-state index contributed by atoms with van der Waals surface area (Å²) < 4.78 is 0. The van der Waals surface area contributed by atoms with E-state index in [1.807, 2.05) is 0 Å². The first kappa shape index (κ1) is 22.7. The topological polar surface area (TPSA) is 59.9 Å². The van der Waals surface area contributed by atoms with Crippen molar-refractivity contribution in [2.24, 2.45) is 10.9 Å². The zero-order valence-corrected chi connectivity index (χ0v) is 18.0. The summed E-state index contributed by atoms with van der Waals surface area (Å²) in [5, 5.41) is 16.3. The minimum absolute atomic E-state index is 0.252. The van der Waals surface area contributed by atoms with E-state index in [1.54, 1.807) is 0 Å². The summed E-state index contributed by atoms with van der Waals surface area (Å²) in [5.41, 5.74) is 1.39. The van der Waals surface area contributed by atoms with Crippen LogP contribution in [0.1, 0.15) is 58.4 Å². The van der Waals surface area contributed by atoms with Gasteiger partial charge in [-0.15, -0.1) is 0 Å². The summed E-state index contributed by atoms with van der Waals surface area (Å²) in [6, 6.07) is 11.8. The zero-order valence-electron chi connectivity index (χ0n) is 18.0. The molecule has 0 radical (unpaired) electrons. The van der Waals surface area contributed by atoms with Crippen LogP contribution in [0.15, 0.2) is 35.3 Å². The summed E-state index contributed by atoms with van der Waals surface area (Å²) in [6.07, 6.45) is 5.37. The number of nitrogens with one attached hydrogen (secondary N) is 2. The van der Waals surface area contributed by atoms with Crippen molar-refractivity contribution in [1.82, 2.24) is 15.5 Å². The fourth-order valence-corrected chi connectivity index (χ4v) is 4.06. The van der Waals surface area contributed by atoms with Crippen LogP contribution >= 0.6 is 0 Å². The first-order valence-corrected chi connectivity index (χ1v) is 11.1. The molecule has 3 atom stereocenters. The van der Waals surface area contributed by atoms with Crippen LogP contribution in [0.25, 0.3) is 0 Å². The van der Waals surface area contributed by atoms with Crippen LogP contribution in [0.5, 0.6) is 0 Å². The molecule has 0 aromatic heterocycles. The maximum Gasteiger partial charge on any atom is 0.191 e. The van der Waals surface area contributed by atoms with Crippen molar-refractivity contribution in [2.75, 3.05) is 26.2 Å². The number of benzene rings is 1. The van der Waals surface area contributed by atoms with Crippen molar-refractivity contribution in [2.45, 2.75) is 71.5 Å². The minimum atomic E-state index is 0.252. The quantitative estimate of drug-likeness (QED) is 0.425. The van der Waals surface area contributed by atoms with Crippen LogP contribution in [-0.2, 0) is 6.54 Å². The number of hydrogen-bond acceptors (Lipinski definition) is 3. The Labute approximate surface area is 171 Å². The maximum atomic E-state index is 9.27. The Morgan fingerprint density at radius 1 is 1.25 bits per heavy atom. The van der Waals surface area contributed by atoms with Gasteiger partial charge in [0.25, 0.3) is 0 Å². The van der Waals surface area contributed by atoms with Crippen molar-refractivity contribution < 1.29 is 5.11 Å². The molecule has 1 aliphatic heterocycles. The van der Waals surface area contributed by atoms with Gasteiger partial charge in [0.15, 0.2) is 5.96 Å². The number of hydrogen-bond donors (Lipinski definition) is 3. The lowest BCUT2D eigenvalue weighted by atomic mass is 9.97. The van der Waals surface area contributed by atoms with E-state index >= 15 is 0 Å². The lowest BCUT2D eigenvalue weighted by Crippen LogP contribution is -2.51. The van der Waals surface area contributed by atoms with Crippen molar-refractivity contribution in [3.05, 3.63) is 35.9 Å². The number of nitrogens with zero attached hydrogens (tertiary/aromatic N) is 2. The second kappa shape index (κ2) is 12.8.